The van der Waals surface area contributed by atoms with E-state index in [0.717, 1.165) is 11.6 Å². The molecule has 122 valence electrons. The highest BCUT2D eigenvalue weighted by Crippen LogP contribution is 2.28. The van der Waals surface area contributed by atoms with Crippen LogP contribution in [0.3, 0.4) is 0 Å². The number of hydrogen-bond acceptors (Lipinski definition) is 3. The number of nitrogens with zero attached hydrogens (tertiary/aromatic N) is 1. The highest BCUT2D eigenvalue weighted by Gasteiger charge is 2.23. The van der Waals surface area contributed by atoms with Crippen molar-refractivity contribution in [1.29, 1.82) is 0 Å². The van der Waals surface area contributed by atoms with Crippen molar-refractivity contribution < 1.29 is 18.6 Å². The Labute approximate surface area is 138 Å². The van der Waals surface area contributed by atoms with Crippen molar-refractivity contribution in [3.63, 3.8) is 0 Å². The molecule has 1 aliphatic rings. The highest BCUT2D eigenvalue weighted by atomic mass is 35.5. The molecular weight excluding hydrogens is 324 g/mol. The van der Waals surface area contributed by atoms with Gasteiger partial charge < -0.3 is 9.84 Å². The van der Waals surface area contributed by atoms with E-state index in [1.807, 2.05) is 23.1 Å². The third kappa shape index (κ3) is 3.80. The van der Waals surface area contributed by atoms with E-state index in [1.54, 1.807) is 6.07 Å². The third-order valence-electron chi connectivity index (χ3n) is 3.87. The molecule has 1 aliphatic heterocycles. The number of hydrogen-bond donors (Lipinski definition) is 1. The Morgan fingerprint density at radius 3 is 2.87 bits per heavy atom. The molecule has 0 spiro atoms. The maximum atomic E-state index is 13.4. The first-order valence-corrected chi connectivity index (χ1v) is 7.67. The van der Waals surface area contributed by atoms with E-state index >= 15 is 0 Å². The number of morpholine rings is 1. The fraction of sp³-hybridized carbons (Fsp3) is 0.294. The molecule has 1 atom stereocenters. The van der Waals surface area contributed by atoms with Gasteiger partial charge in [-0.25, -0.2) is 8.78 Å². The minimum atomic E-state index is -0.945. The Balaban J connectivity index is 1.74. The van der Waals surface area contributed by atoms with Crippen molar-refractivity contribution in [2.45, 2.75) is 12.6 Å². The van der Waals surface area contributed by atoms with Crippen molar-refractivity contribution >= 4 is 11.6 Å². The minimum absolute atomic E-state index is 0.164. The number of ether oxygens (including phenoxy) is 1. The largest absolute Gasteiger partial charge is 0.505 e. The molecule has 1 N–H and O–H groups in total. The first kappa shape index (κ1) is 16.2. The standard InChI is InChI=1S/C17H16ClF2NO2/c18-13-3-1-2-11(6-13)16-10-21(4-5-23-16)9-12-7-14(19)8-15(20)17(12)22/h1-3,6-8,16,22H,4-5,9-10H2. The van der Waals surface area contributed by atoms with Gasteiger partial charge in [-0.3, -0.25) is 4.90 Å². The van der Waals surface area contributed by atoms with Crippen LogP contribution in [0.1, 0.15) is 17.2 Å². The van der Waals surface area contributed by atoms with Crippen LogP contribution in [-0.4, -0.2) is 29.7 Å². The zero-order valence-electron chi connectivity index (χ0n) is 12.3. The summed E-state index contributed by atoms with van der Waals surface area (Å²) in [6.07, 6.45) is -0.164. The normalized spacial score (nSPS) is 19.0. The summed E-state index contributed by atoms with van der Waals surface area (Å²) in [4.78, 5) is 1.99. The van der Waals surface area contributed by atoms with Crippen molar-refractivity contribution in [3.8, 4) is 5.75 Å². The van der Waals surface area contributed by atoms with Crippen LogP contribution in [0.5, 0.6) is 5.75 Å². The molecule has 0 aromatic heterocycles. The molecule has 3 rings (SSSR count). The van der Waals surface area contributed by atoms with Gasteiger partial charge in [0.05, 0.1) is 12.7 Å². The van der Waals surface area contributed by atoms with E-state index in [9.17, 15) is 13.9 Å². The summed E-state index contributed by atoms with van der Waals surface area (Å²) in [6.45, 7) is 1.92. The number of rotatable bonds is 3. The summed E-state index contributed by atoms with van der Waals surface area (Å²) >= 11 is 6.00. The maximum absolute atomic E-state index is 13.4. The summed E-state index contributed by atoms with van der Waals surface area (Å²) < 4.78 is 32.5. The van der Waals surface area contributed by atoms with Crippen molar-refractivity contribution in [2.24, 2.45) is 0 Å². The average Bonchev–Trinajstić information content (AvgIpc) is 2.52. The van der Waals surface area contributed by atoms with E-state index in [1.165, 1.54) is 0 Å². The average molecular weight is 340 g/mol. The van der Waals surface area contributed by atoms with Crippen LogP contribution in [0.15, 0.2) is 36.4 Å². The lowest BCUT2D eigenvalue weighted by Gasteiger charge is -2.33. The molecule has 0 saturated carbocycles. The Hall–Kier alpha value is -1.69. The molecule has 0 amide bonds. The summed E-state index contributed by atoms with van der Waals surface area (Å²) in [5.41, 5.74) is 1.19. The lowest BCUT2D eigenvalue weighted by atomic mass is 10.1. The van der Waals surface area contributed by atoms with Crippen LogP contribution in [0.4, 0.5) is 8.78 Å². The van der Waals surface area contributed by atoms with Gasteiger partial charge in [0, 0.05) is 36.3 Å². The number of phenols is 1. The van der Waals surface area contributed by atoms with Crippen molar-refractivity contribution in [3.05, 3.63) is 64.2 Å². The topological polar surface area (TPSA) is 32.7 Å². The molecular formula is C17H16ClF2NO2. The van der Waals surface area contributed by atoms with E-state index < -0.39 is 17.4 Å². The Kier molecular flexibility index (Phi) is 4.80. The molecule has 2 aromatic rings. The lowest BCUT2D eigenvalue weighted by Crippen LogP contribution is -2.37. The van der Waals surface area contributed by atoms with E-state index in [-0.39, 0.29) is 18.2 Å². The fourth-order valence-corrected chi connectivity index (χ4v) is 2.93. The molecule has 23 heavy (non-hydrogen) atoms. The van der Waals surface area contributed by atoms with Crippen LogP contribution in [0.2, 0.25) is 5.02 Å². The lowest BCUT2D eigenvalue weighted by molar-refractivity contribution is -0.0331. The van der Waals surface area contributed by atoms with Crippen LogP contribution in [0, 0.1) is 11.6 Å². The maximum Gasteiger partial charge on any atom is 0.168 e. The Morgan fingerprint density at radius 2 is 2.09 bits per heavy atom. The number of halogens is 3. The second-order valence-corrected chi connectivity index (χ2v) is 5.98. The van der Waals surface area contributed by atoms with Crippen LogP contribution < -0.4 is 0 Å². The summed E-state index contributed by atoms with van der Waals surface area (Å²) in [5, 5.41) is 10.4. The second-order valence-electron chi connectivity index (χ2n) is 5.54. The molecule has 6 heteroatoms. The van der Waals surface area contributed by atoms with E-state index in [4.69, 9.17) is 16.3 Å². The predicted octanol–water partition coefficient (Wildman–Crippen LogP) is 3.90. The monoisotopic (exact) mass is 339 g/mol. The summed E-state index contributed by atoms with van der Waals surface area (Å²) in [5.74, 6) is -2.15. The van der Waals surface area contributed by atoms with Gasteiger partial charge in [-0.1, -0.05) is 23.7 Å². The number of phenolic OH excluding ortho intramolecular Hbond substituents is 1. The quantitative estimate of drug-likeness (QED) is 0.920. The summed E-state index contributed by atoms with van der Waals surface area (Å²) in [6, 6.07) is 9.25. The third-order valence-corrected chi connectivity index (χ3v) is 4.11. The minimum Gasteiger partial charge on any atom is -0.505 e. The first-order valence-electron chi connectivity index (χ1n) is 7.29. The summed E-state index contributed by atoms with van der Waals surface area (Å²) in [7, 11) is 0. The number of aromatic hydroxyl groups is 1. The van der Waals surface area contributed by atoms with Crippen LogP contribution in [0.25, 0.3) is 0 Å². The van der Waals surface area contributed by atoms with Crippen molar-refractivity contribution in [1.82, 2.24) is 4.90 Å². The highest BCUT2D eigenvalue weighted by molar-refractivity contribution is 6.30. The fourth-order valence-electron chi connectivity index (χ4n) is 2.74. The number of benzene rings is 2. The molecule has 1 saturated heterocycles. The molecule has 1 heterocycles. The van der Waals surface area contributed by atoms with Crippen LogP contribution >= 0.6 is 11.6 Å². The van der Waals surface area contributed by atoms with Gasteiger partial charge in [-0.15, -0.1) is 0 Å². The van der Waals surface area contributed by atoms with Gasteiger partial charge in [-0.2, -0.15) is 0 Å². The molecule has 1 unspecified atom stereocenters. The molecule has 0 bridgehead atoms. The van der Waals surface area contributed by atoms with Crippen molar-refractivity contribution in [2.75, 3.05) is 19.7 Å². The Bertz CT molecular complexity index is 711. The smallest absolute Gasteiger partial charge is 0.168 e. The first-order chi connectivity index (χ1) is 11.0. The van der Waals surface area contributed by atoms with Gasteiger partial charge >= 0.3 is 0 Å². The van der Waals surface area contributed by atoms with E-state index in [0.29, 0.717) is 30.8 Å². The Morgan fingerprint density at radius 1 is 1.26 bits per heavy atom. The van der Waals surface area contributed by atoms with Gasteiger partial charge in [0.2, 0.25) is 0 Å². The second kappa shape index (κ2) is 6.83. The van der Waals surface area contributed by atoms with Crippen LogP contribution in [-0.2, 0) is 11.3 Å². The molecule has 3 nitrogen and oxygen atoms in total. The van der Waals surface area contributed by atoms with Gasteiger partial charge in [-0.05, 0) is 23.8 Å². The van der Waals surface area contributed by atoms with Gasteiger partial charge in [0.25, 0.3) is 0 Å². The van der Waals surface area contributed by atoms with E-state index in [2.05, 4.69) is 0 Å². The van der Waals surface area contributed by atoms with Gasteiger partial charge in [0.1, 0.15) is 5.82 Å². The molecule has 1 fully saturated rings. The molecule has 2 aromatic carbocycles. The predicted molar refractivity (Wildman–Crippen MR) is 83.4 cm³/mol. The van der Waals surface area contributed by atoms with Gasteiger partial charge in [0.15, 0.2) is 11.6 Å². The zero-order chi connectivity index (χ0) is 16.4. The molecule has 0 radical (unpaired) electrons. The molecule has 0 aliphatic carbocycles. The SMILES string of the molecule is Oc1c(F)cc(F)cc1CN1CCOC(c2cccc(Cl)c2)C1. The zero-order valence-corrected chi connectivity index (χ0v) is 13.1.